The molecule has 4 aromatic rings. The van der Waals surface area contributed by atoms with Gasteiger partial charge in [-0.3, -0.25) is 9.36 Å². The minimum atomic E-state index is 0.0402. The SMILES string of the molecule is COc1ccccc1-n1c(SCC(=O)N(C)Cc2ccsc2)nnc1-c1cccs1. The fraction of sp³-hybridized carbons (Fsp3) is 0.190. The van der Waals surface area contributed by atoms with Crippen molar-refractivity contribution in [2.45, 2.75) is 11.7 Å². The van der Waals surface area contributed by atoms with Gasteiger partial charge >= 0.3 is 0 Å². The minimum absolute atomic E-state index is 0.0402. The van der Waals surface area contributed by atoms with E-state index in [2.05, 4.69) is 15.6 Å². The molecule has 1 amide bonds. The number of hydrogen-bond acceptors (Lipinski definition) is 7. The highest BCUT2D eigenvalue weighted by atomic mass is 32.2. The Labute approximate surface area is 187 Å². The average molecular weight is 457 g/mol. The molecule has 154 valence electrons. The number of carbonyl (C=O) groups is 1. The zero-order valence-electron chi connectivity index (χ0n) is 16.5. The molecule has 0 fully saturated rings. The number of amides is 1. The van der Waals surface area contributed by atoms with Crippen molar-refractivity contribution >= 4 is 40.3 Å². The van der Waals surface area contributed by atoms with E-state index in [-0.39, 0.29) is 11.7 Å². The fourth-order valence-corrected chi connectivity index (χ4v) is 5.19. The highest BCUT2D eigenvalue weighted by molar-refractivity contribution is 7.99. The number of benzene rings is 1. The molecule has 0 spiro atoms. The molecule has 6 nitrogen and oxygen atoms in total. The van der Waals surface area contributed by atoms with Gasteiger partial charge < -0.3 is 9.64 Å². The van der Waals surface area contributed by atoms with Crippen molar-refractivity contribution in [3.8, 4) is 22.1 Å². The number of aromatic nitrogens is 3. The second kappa shape index (κ2) is 9.46. The van der Waals surface area contributed by atoms with Crippen LogP contribution in [0.15, 0.2) is 63.8 Å². The Hall–Kier alpha value is -2.62. The molecule has 0 N–H and O–H groups in total. The van der Waals surface area contributed by atoms with Gasteiger partial charge in [0.15, 0.2) is 11.0 Å². The molecule has 0 bridgehead atoms. The van der Waals surface area contributed by atoms with Crippen LogP contribution < -0.4 is 4.74 Å². The highest BCUT2D eigenvalue weighted by Crippen LogP contribution is 2.34. The van der Waals surface area contributed by atoms with Gasteiger partial charge in [-0.2, -0.15) is 11.3 Å². The Kier molecular flexibility index (Phi) is 6.51. The monoisotopic (exact) mass is 456 g/mol. The van der Waals surface area contributed by atoms with Crippen LogP contribution in [0.4, 0.5) is 0 Å². The maximum atomic E-state index is 12.7. The van der Waals surface area contributed by atoms with E-state index in [0.717, 1.165) is 27.7 Å². The lowest BCUT2D eigenvalue weighted by Crippen LogP contribution is -2.27. The Morgan fingerprint density at radius 3 is 2.77 bits per heavy atom. The van der Waals surface area contributed by atoms with Crippen LogP contribution in [-0.4, -0.2) is 45.5 Å². The molecular formula is C21H20N4O2S3. The second-order valence-electron chi connectivity index (χ2n) is 6.46. The summed E-state index contributed by atoms with van der Waals surface area (Å²) >= 11 is 4.61. The van der Waals surface area contributed by atoms with Crippen LogP contribution in [0.2, 0.25) is 0 Å². The first-order chi connectivity index (χ1) is 14.7. The maximum absolute atomic E-state index is 12.7. The van der Waals surface area contributed by atoms with Gasteiger partial charge in [-0.05, 0) is 46.0 Å². The number of rotatable bonds is 8. The normalized spacial score (nSPS) is 10.9. The molecular weight excluding hydrogens is 436 g/mol. The van der Waals surface area contributed by atoms with Crippen LogP contribution in [0.1, 0.15) is 5.56 Å². The van der Waals surface area contributed by atoms with Crippen molar-refractivity contribution in [2.24, 2.45) is 0 Å². The van der Waals surface area contributed by atoms with Crippen molar-refractivity contribution in [3.05, 3.63) is 64.2 Å². The molecule has 1 aromatic carbocycles. The van der Waals surface area contributed by atoms with E-state index in [1.54, 1.807) is 34.7 Å². The summed E-state index contributed by atoms with van der Waals surface area (Å²) in [6.45, 7) is 0.600. The fourth-order valence-electron chi connectivity index (χ4n) is 2.94. The van der Waals surface area contributed by atoms with Gasteiger partial charge in [0, 0.05) is 13.6 Å². The van der Waals surface area contributed by atoms with Crippen LogP contribution in [0.25, 0.3) is 16.4 Å². The van der Waals surface area contributed by atoms with E-state index in [9.17, 15) is 4.79 Å². The zero-order valence-corrected chi connectivity index (χ0v) is 19.0. The molecule has 3 aromatic heterocycles. The van der Waals surface area contributed by atoms with E-state index >= 15 is 0 Å². The number of para-hydroxylation sites is 2. The molecule has 4 rings (SSSR count). The minimum Gasteiger partial charge on any atom is -0.495 e. The standard InChI is InChI=1S/C21H20N4O2S3/c1-24(12-15-9-11-28-13-15)19(26)14-30-21-23-22-20(18-8-5-10-29-18)25(21)16-6-3-4-7-17(16)27-2/h3-11,13H,12,14H2,1-2H3. The van der Waals surface area contributed by atoms with Crippen LogP contribution in [-0.2, 0) is 11.3 Å². The Morgan fingerprint density at radius 1 is 1.17 bits per heavy atom. The number of methoxy groups -OCH3 is 1. The van der Waals surface area contributed by atoms with Gasteiger partial charge in [0.2, 0.25) is 5.91 Å². The summed E-state index contributed by atoms with van der Waals surface area (Å²) in [5, 5.41) is 15.5. The largest absolute Gasteiger partial charge is 0.495 e. The average Bonchev–Trinajstić information content (AvgIpc) is 3.53. The number of carbonyl (C=O) groups excluding carboxylic acids is 1. The summed E-state index contributed by atoms with van der Waals surface area (Å²) in [5.41, 5.74) is 1.98. The third kappa shape index (κ3) is 4.43. The van der Waals surface area contributed by atoms with Gasteiger partial charge in [-0.15, -0.1) is 21.5 Å². The van der Waals surface area contributed by atoms with E-state index in [4.69, 9.17) is 4.74 Å². The molecule has 3 heterocycles. The summed E-state index contributed by atoms with van der Waals surface area (Å²) in [6.07, 6.45) is 0. The Morgan fingerprint density at radius 2 is 2.03 bits per heavy atom. The summed E-state index contributed by atoms with van der Waals surface area (Å²) in [7, 11) is 3.46. The van der Waals surface area contributed by atoms with Crippen LogP contribution in [0, 0.1) is 0 Å². The maximum Gasteiger partial charge on any atom is 0.233 e. The van der Waals surface area contributed by atoms with E-state index in [1.807, 2.05) is 64.8 Å². The molecule has 9 heteroatoms. The van der Waals surface area contributed by atoms with Gasteiger partial charge in [0.1, 0.15) is 5.75 Å². The molecule has 0 atom stereocenters. The predicted molar refractivity (Wildman–Crippen MR) is 123 cm³/mol. The van der Waals surface area contributed by atoms with E-state index < -0.39 is 0 Å². The van der Waals surface area contributed by atoms with Gasteiger partial charge in [-0.1, -0.05) is 30.0 Å². The Balaban J connectivity index is 1.60. The van der Waals surface area contributed by atoms with Crippen LogP contribution >= 0.6 is 34.4 Å². The number of thioether (sulfide) groups is 1. The first-order valence-electron chi connectivity index (χ1n) is 9.18. The molecule has 0 unspecified atom stereocenters. The lowest BCUT2D eigenvalue weighted by atomic mass is 10.3. The summed E-state index contributed by atoms with van der Waals surface area (Å²) in [6, 6.07) is 13.8. The third-order valence-electron chi connectivity index (χ3n) is 4.45. The summed E-state index contributed by atoms with van der Waals surface area (Å²) < 4.78 is 7.52. The second-order valence-corrected chi connectivity index (χ2v) is 9.13. The predicted octanol–water partition coefficient (Wildman–Crippen LogP) is 4.82. The lowest BCUT2D eigenvalue weighted by Gasteiger charge is -2.17. The summed E-state index contributed by atoms with van der Waals surface area (Å²) in [5.74, 6) is 1.77. The van der Waals surface area contributed by atoms with Crippen molar-refractivity contribution in [3.63, 3.8) is 0 Å². The molecule has 0 radical (unpaired) electrons. The lowest BCUT2D eigenvalue weighted by molar-refractivity contribution is -0.127. The topological polar surface area (TPSA) is 60.2 Å². The van der Waals surface area contributed by atoms with Crippen molar-refractivity contribution in [1.29, 1.82) is 0 Å². The van der Waals surface area contributed by atoms with Crippen LogP contribution in [0.5, 0.6) is 5.75 Å². The van der Waals surface area contributed by atoms with Crippen molar-refractivity contribution < 1.29 is 9.53 Å². The molecule has 30 heavy (non-hydrogen) atoms. The third-order valence-corrected chi connectivity index (χ3v) is 6.96. The van der Waals surface area contributed by atoms with E-state index in [0.29, 0.717) is 11.7 Å². The molecule has 0 saturated heterocycles. The number of nitrogens with zero attached hydrogens (tertiary/aromatic N) is 4. The molecule has 0 saturated carbocycles. The highest BCUT2D eigenvalue weighted by Gasteiger charge is 2.21. The zero-order chi connectivity index (χ0) is 20.9. The van der Waals surface area contributed by atoms with Gasteiger partial charge in [0.25, 0.3) is 0 Å². The smallest absolute Gasteiger partial charge is 0.233 e. The van der Waals surface area contributed by atoms with Gasteiger partial charge in [0.05, 0.1) is 23.4 Å². The number of hydrogen-bond donors (Lipinski definition) is 0. The number of thiophene rings is 2. The molecule has 0 aliphatic heterocycles. The van der Waals surface area contributed by atoms with Crippen molar-refractivity contribution in [1.82, 2.24) is 19.7 Å². The van der Waals surface area contributed by atoms with Gasteiger partial charge in [-0.25, -0.2) is 0 Å². The first kappa shape index (κ1) is 20.6. The Bertz CT molecular complexity index is 1110. The van der Waals surface area contributed by atoms with Crippen LogP contribution in [0.3, 0.4) is 0 Å². The number of ether oxygens (including phenoxy) is 1. The summed E-state index contributed by atoms with van der Waals surface area (Å²) in [4.78, 5) is 15.4. The molecule has 0 aliphatic carbocycles. The quantitative estimate of drug-likeness (QED) is 0.356. The van der Waals surface area contributed by atoms with E-state index in [1.165, 1.54) is 11.8 Å². The van der Waals surface area contributed by atoms with Crippen molar-refractivity contribution in [2.75, 3.05) is 19.9 Å². The molecule has 0 aliphatic rings. The first-order valence-corrected chi connectivity index (χ1v) is 12.0.